The third kappa shape index (κ3) is 8.60. The molecule has 0 fully saturated rings. The highest BCUT2D eigenvalue weighted by atomic mass is 16.6. The van der Waals surface area contributed by atoms with Crippen LogP contribution in [0.15, 0.2) is 0 Å². The summed E-state index contributed by atoms with van der Waals surface area (Å²) in [6.45, 7) is 3.77. The lowest BCUT2D eigenvalue weighted by Gasteiger charge is -2.28. The van der Waals surface area contributed by atoms with E-state index in [4.69, 9.17) is 15.6 Å². The molecule has 9 N–H and O–H groups in total. The van der Waals surface area contributed by atoms with E-state index in [2.05, 4.69) is 5.32 Å². The molecule has 0 aliphatic carbocycles. The number of aliphatic carboxylic acids is 1. The average molecular weight is 424 g/mol. The van der Waals surface area contributed by atoms with Gasteiger partial charge in [0.15, 0.2) is 6.10 Å². The molecule has 0 heterocycles. The van der Waals surface area contributed by atoms with Crippen LogP contribution in [0.4, 0.5) is 0 Å². The number of aliphatic hydroxyl groups excluding tert-OH is 5. The first kappa shape index (κ1) is 27.2. The molecule has 0 aliphatic rings. The quantitative estimate of drug-likeness (QED) is 0.0887. The minimum absolute atomic E-state index is 0.0503. The minimum Gasteiger partial charge on any atom is -0.479 e. The van der Waals surface area contributed by atoms with Gasteiger partial charge in [-0.15, -0.1) is 0 Å². The zero-order valence-corrected chi connectivity index (χ0v) is 16.7. The molecule has 0 saturated carbocycles. The van der Waals surface area contributed by atoms with Crippen LogP contribution in [-0.4, -0.2) is 97.2 Å². The number of carbonyl (C=O) groups excluding carboxylic acids is 2. The van der Waals surface area contributed by atoms with Gasteiger partial charge in [0.2, 0.25) is 5.54 Å². The van der Waals surface area contributed by atoms with Gasteiger partial charge in [-0.2, -0.15) is 0 Å². The van der Waals surface area contributed by atoms with Crippen LogP contribution in [-0.2, 0) is 19.1 Å². The number of ether oxygens (including phenoxy) is 1. The zero-order chi connectivity index (χ0) is 23.0. The molecule has 0 aromatic carbocycles. The number of amides is 1. The number of carboxylic acid groups (broad SMARTS) is 1. The van der Waals surface area contributed by atoms with Crippen LogP contribution < -0.4 is 11.1 Å². The third-order valence-corrected chi connectivity index (χ3v) is 3.97. The number of rotatable bonds is 12. The van der Waals surface area contributed by atoms with Gasteiger partial charge in [-0.25, -0.2) is 9.59 Å². The van der Waals surface area contributed by atoms with E-state index in [1.165, 1.54) is 0 Å². The predicted molar refractivity (Wildman–Crippen MR) is 98.4 cm³/mol. The van der Waals surface area contributed by atoms with Crippen molar-refractivity contribution in [3.63, 3.8) is 0 Å². The van der Waals surface area contributed by atoms with Gasteiger partial charge in [-0.3, -0.25) is 4.79 Å². The summed E-state index contributed by atoms with van der Waals surface area (Å²) in [6, 6.07) is 0. The summed E-state index contributed by atoms with van der Waals surface area (Å²) in [6.07, 6.45) is -7.75. The largest absolute Gasteiger partial charge is 0.479 e. The Morgan fingerprint density at radius 2 is 1.59 bits per heavy atom. The molecule has 29 heavy (non-hydrogen) atoms. The zero-order valence-electron chi connectivity index (χ0n) is 16.7. The highest BCUT2D eigenvalue weighted by Crippen LogP contribution is 2.18. The summed E-state index contributed by atoms with van der Waals surface area (Å²) in [5.41, 5.74) is 2.52. The standard InChI is InChI=1S/C17H32N2O10/c1-16(2,3)29-15(28)17(18,14(26)27)6-4-5-7-19-13(25)12(24)11(23)10(22)9(21)8-20/h9-12,20-24H,4-8,18H2,1-3H3,(H,19,25)(H,26,27)/t9-,10-,11+,12?,17-/m1/s1. The lowest BCUT2D eigenvalue weighted by molar-refractivity contribution is -0.169. The lowest BCUT2D eigenvalue weighted by Crippen LogP contribution is -2.57. The Bertz CT molecular complexity index is 565. The summed E-state index contributed by atoms with van der Waals surface area (Å²) in [5, 5.41) is 58.2. The van der Waals surface area contributed by atoms with Crippen molar-refractivity contribution in [3.05, 3.63) is 0 Å². The fraction of sp³-hybridized carbons (Fsp3) is 0.824. The molecular formula is C17H32N2O10. The molecule has 12 nitrogen and oxygen atoms in total. The number of carboxylic acids is 1. The Labute approximate surface area is 168 Å². The van der Waals surface area contributed by atoms with E-state index >= 15 is 0 Å². The van der Waals surface area contributed by atoms with Crippen LogP contribution in [0.25, 0.3) is 0 Å². The third-order valence-electron chi connectivity index (χ3n) is 3.97. The van der Waals surface area contributed by atoms with E-state index < -0.39 is 60.0 Å². The van der Waals surface area contributed by atoms with Gasteiger partial charge in [-0.1, -0.05) is 0 Å². The van der Waals surface area contributed by atoms with Crippen molar-refractivity contribution < 1.29 is 49.8 Å². The predicted octanol–water partition coefficient (Wildman–Crippen LogP) is -3.17. The van der Waals surface area contributed by atoms with Crippen molar-refractivity contribution in [2.24, 2.45) is 5.73 Å². The Morgan fingerprint density at radius 1 is 1.03 bits per heavy atom. The van der Waals surface area contributed by atoms with E-state index in [-0.39, 0.29) is 25.8 Å². The molecule has 0 saturated heterocycles. The molecule has 0 radical (unpaired) electrons. The van der Waals surface area contributed by atoms with Gasteiger partial charge in [0.1, 0.15) is 23.9 Å². The minimum atomic E-state index is -2.25. The fourth-order valence-electron chi connectivity index (χ4n) is 2.19. The second-order valence-corrected chi connectivity index (χ2v) is 7.70. The van der Waals surface area contributed by atoms with E-state index in [0.29, 0.717) is 0 Å². The van der Waals surface area contributed by atoms with Crippen LogP contribution in [0, 0.1) is 0 Å². The Kier molecular flexibility index (Phi) is 10.7. The first-order valence-corrected chi connectivity index (χ1v) is 9.04. The van der Waals surface area contributed by atoms with Crippen LogP contribution in [0.3, 0.4) is 0 Å². The maximum atomic E-state index is 12.1. The second kappa shape index (κ2) is 11.4. The number of nitrogens with two attached hydrogens (primary N) is 1. The van der Waals surface area contributed by atoms with Crippen LogP contribution in [0.2, 0.25) is 0 Å². The van der Waals surface area contributed by atoms with Gasteiger partial charge >= 0.3 is 11.9 Å². The summed E-state index contributed by atoms with van der Waals surface area (Å²) in [7, 11) is 0. The molecule has 12 heteroatoms. The van der Waals surface area contributed by atoms with Crippen molar-refractivity contribution in [1.29, 1.82) is 0 Å². The number of hydrogen-bond acceptors (Lipinski definition) is 10. The molecule has 0 rings (SSSR count). The van der Waals surface area contributed by atoms with Gasteiger partial charge in [0.05, 0.1) is 6.61 Å². The molecule has 170 valence electrons. The number of nitrogens with one attached hydrogen (secondary N) is 1. The van der Waals surface area contributed by atoms with Crippen molar-refractivity contribution >= 4 is 17.8 Å². The summed E-state index contributed by atoms with van der Waals surface area (Å²) < 4.78 is 5.03. The highest BCUT2D eigenvalue weighted by Gasteiger charge is 2.45. The van der Waals surface area contributed by atoms with Crippen LogP contribution >= 0.6 is 0 Å². The van der Waals surface area contributed by atoms with Crippen molar-refractivity contribution in [2.75, 3.05) is 13.2 Å². The van der Waals surface area contributed by atoms with Crippen LogP contribution in [0.5, 0.6) is 0 Å². The van der Waals surface area contributed by atoms with E-state index in [9.17, 15) is 39.9 Å². The molecule has 1 unspecified atom stereocenters. The Hall–Kier alpha value is -1.83. The first-order valence-electron chi connectivity index (χ1n) is 9.04. The summed E-state index contributed by atoms with van der Waals surface area (Å²) in [5.74, 6) is -3.69. The Morgan fingerprint density at radius 3 is 2.03 bits per heavy atom. The molecule has 0 aliphatic heterocycles. The van der Waals surface area contributed by atoms with Gasteiger partial charge < -0.3 is 46.4 Å². The normalized spacial score (nSPS) is 18.1. The average Bonchev–Trinajstić information content (AvgIpc) is 2.62. The van der Waals surface area contributed by atoms with Crippen molar-refractivity contribution in [1.82, 2.24) is 5.32 Å². The van der Waals surface area contributed by atoms with Gasteiger partial charge in [-0.05, 0) is 40.0 Å². The van der Waals surface area contributed by atoms with Crippen molar-refractivity contribution in [3.8, 4) is 0 Å². The molecule has 0 aromatic heterocycles. The molecule has 1 amide bonds. The number of unbranched alkanes of at least 4 members (excludes halogenated alkanes) is 1. The number of aliphatic hydroxyl groups is 5. The van der Waals surface area contributed by atoms with Crippen molar-refractivity contribution in [2.45, 2.75) is 75.6 Å². The summed E-state index contributed by atoms with van der Waals surface area (Å²) >= 11 is 0. The smallest absolute Gasteiger partial charge is 0.338 e. The van der Waals surface area contributed by atoms with Crippen LogP contribution in [0.1, 0.15) is 40.0 Å². The maximum absolute atomic E-state index is 12.1. The molecule has 0 spiro atoms. The van der Waals surface area contributed by atoms with Gasteiger partial charge in [0.25, 0.3) is 5.91 Å². The number of esters is 1. The monoisotopic (exact) mass is 424 g/mol. The SMILES string of the molecule is CC(C)(C)OC(=O)[C@@](N)(CCCCNC(=O)C(O)[C@@H](O)[C@H](O)[C@H](O)CO)C(=O)O. The first-order chi connectivity index (χ1) is 13.2. The highest BCUT2D eigenvalue weighted by molar-refractivity contribution is 6.03. The number of hydrogen-bond donors (Lipinski definition) is 8. The molecule has 5 atom stereocenters. The molecule has 0 aromatic rings. The maximum Gasteiger partial charge on any atom is 0.338 e. The molecule has 0 bridgehead atoms. The van der Waals surface area contributed by atoms with E-state index in [1.807, 2.05) is 0 Å². The number of carbonyl (C=O) groups is 3. The molecular weight excluding hydrogens is 392 g/mol. The second-order valence-electron chi connectivity index (χ2n) is 7.70. The lowest BCUT2D eigenvalue weighted by atomic mass is 9.93. The van der Waals surface area contributed by atoms with Gasteiger partial charge in [0, 0.05) is 6.54 Å². The topological polar surface area (TPSA) is 220 Å². The Balaban J connectivity index is 4.56. The summed E-state index contributed by atoms with van der Waals surface area (Å²) in [4.78, 5) is 35.3. The fourth-order valence-corrected chi connectivity index (χ4v) is 2.19. The van der Waals surface area contributed by atoms with E-state index in [0.717, 1.165) is 0 Å². The van der Waals surface area contributed by atoms with E-state index in [1.54, 1.807) is 20.8 Å².